The van der Waals surface area contributed by atoms with E-state index >= 15 is 0 Å². The fourth-order valence-corrected chi connectivity index (χ4v) is 2.50. The maximum absolute atomic E-state index is 12.6. The predicted octanol–water partition coefficient (Wildman–Crippen LogP) is 2.86. The summed E-state index contributed by atoms with van der Waals surface area (Å²) in [7, 11) is 1.53. The summed E-state index contributed by atoms with van der Waals surface area (Å²) >= 11 is 0. The van der Waals surface area contributed by atoms with E-state index in [0.29, 0.717) is 22.8 Å². The molecule has 0 radical (unpaired) electrons. The minimum Gasteiger partial charge on any atom is -0.497 e. The summed E-state index contributed by atoms with van der Waals surface area (Å²) in [4.78, 5) is 28.3. The third-order valence-electron chi connectivity index (χ3n) is 3.71. The number of carbonyl (C=O) groups excluding carboxylic acids is 2. The number of carbonyl (C=O) groups is 2. The van der Waals surface area contributed by atoms with Crippen LogP contribution in [0.4, 0.5) is 11.4 Å². The number of imidazole rings is 1. The number of amides is 2. The van der Waals surface area contributed by atoms with Crippen LogP contribution in [-0.4, -0.2) is 28.3 Å². The molecule has 2 aromatic heterocycles. The molecule has 0 saturated heterocycles. The molecule has 3 aromatic rings. The third-order valence-corrected chi connectivity index (χ3v) is 3.71. The van der Waals surface area contributed by atoms with Crippen LogP contribution in [0.25, 0.3) is 5.65 Å². The SMILES string of the molecule is COc1ccc(NC(C)=O)c(NC(=O)c2cn3c(C)cccc3n2)c1. The molecule has 0 spiro atoms. The van der Waals surface area contributed by atoms with Gasteiger partial charge in [-0.1, -0.05) is 6.07 Å². The second-order valence-corrected chi connectivity index (χ2v) is 5.57. The lowest BCUT2D eigenvalue weighted by Crippen LogP contribution is -2.15. The number of aryl methyl sites for hydroxylation is 1. The molecule has 2 N–H and O–H groups in total. The lowest BCUT2D eigenvalue weighted by Gasteiger charge is -2.12. The van der Waals surface area contributed by atoms with Crippen molar-refractivity contribution in [1.29, 1.82) is 0 Å². The molecule has 0 aliphatic carbocycles. The summed E-state index contributed by atoms with van der Waals surface area (Å²) in [5, 5.41) is 5.46. The van der Waals surface area contributed by atoms with Crippen LogP contribution in [0.3, 0.4) is 0 Å². The maximum Gasteiger partial charge on any atom is 0.275 e. The Balaban J connectivity index is 1.93. The normalized spacial score (nSPS) is 10.5. The second kappa shape index (κ2) is 6.64. The molecule has 3 rings (SSSR count). The predicted molar refractivity (Wildman–Crippen MR) is 95.2 cm³/mol. The third kappa shape index (κ3) is 3.45. The molecule has 7 nitrogen and oxygen atoms in total. The van der Waals surface area contributed by atoms with Gasteiger partial charge in [-0.15, -0.1) is 0 Å². The summed E-state index contributed by atoms with van der Waals surface area (Å²) < 4.78 is 7.02. The summed E-state index contributed by atoms with van der Waals surface area (Å²) in [5.41, 5.74) is 2.88. The van der Waals surface area contributed by atoms with Crippen molar-refractivity contribution in [2.75, 3.05) is 17.7 Å². The largest absolute Gasteiger partial charge is 0.497 e. The molecule has 0 atom stereocenters. The minimum absolute atomic E-state index is 0.232. The summed E-state index contributed by atoms with van der Waals surface area (Å²) in [5.74, 6) is -0.0396. The highest BCUT2D eigenvalue weighted by Gasteiger charge is 2.15. The Morgan fingerprint density at radius 2 is 1.92 bits per heavy atom. The molecule has 7 heteroatoms. The Bertz CT molecular complexity index is 962. The van der Waals surface area contributed by atoms with Gasteiger partial charge in [0.1, 0.15) is 17.1 Å². The highest BCUT2D eigenvalue weighted by molar-refractivity contribution is 6.06. The van der Waals surface area contributed by atoms with E-state index in [0.717, 1.165) is 5.69 Å². The average Bonchev–Trinajstić information content (AvgIpc) is 3.02. The Morgan fingerprint density at radius 3 is 2.60 bits per heavy atom. The van der Waals surface area contributed by atoms with Gasteiger partial charge >= 0.3 is 0 Å². The van der Waals surface area contributed by atoms with Gasteiger partial charge in [0.15, 0.2) is 0 Å². The summed E-state index contributed by atoms with van der Waals surface area (Å²) in [6.45, 7) is 3.34. The van der Waals surface area contributed by atoms with Gasteiger partial charge in [-0.3, -0.25) is 9.59 Å². The van der Waals surface area contributed by atoms with Gasteiger partial charge in [0.05, 0.1) is 18.5 Å². The molecule has 0 aliphatic rings. The van der Waals surface area contributed by atoms with E-state index in [9.17, 15) is 9.59 Å². The number of fused-ring (bicyclic) bond motifs is 1. The lowest BCUT2D eigenvalue weighted by atomic mass is 10.2. The zero-order valence-corrected chi connectivity index (χ0v) is 14.2. The van der Waals surface area contributed by atoms with E-state index in [1.165, 1.54) is 14.0 Å². The first-order valence-electron chi connectivity index (χ1n) is 7.69. The van der Waals surface area contributed by atoms with Crippen molar-refractivity contribution >= 4 is 28.8 Å². The van der Waals surface area contributed by atoms with Crippen LogP contribution in [0, 0.1) is 6.92 Å². The zero-order chi connectivity index (χ0) is 18.0. The van der Waals surface area contributed by atoms with Gasteiger partial charge in [0, 0.05) is 24.9 Å². The van der Waals surface area contributed by atoms with E-state index < -0.39 is 0 Å². The number of pyridine rings is 1. The van der Waals surface area contributed by atoms with Crippen LogP contribution in [0.1, 0.15) is 23.1 Å². The number of hydrogen-bond acceptors (Lipinski definition) is 4. The van der Waals surface area contributed by atoms with Crippen LogP contribution >= 0.6 is 0 Å². The molecule has 0 bridgehead atoms. The van der Waals surface area contributed by atoms with Crippen molar-refractivity contribution < 1.29 is 14.3 Å². The summed E-state index contributed by atoms with van der Waals surface area (Å²) in [6.07, 6.45) is 1.68. The number of aromatic nitrogens is 2. The fourth-order valence-electron chi connectivity index (χ4n) is 2.50. The lowest BCUT2D eigenvalue weighted by molar-refractivity contribution is -0.114. The van der Waals surface area contributed by atoms with Gasteiger partial charge in [0.25, 0.3) is 5.91 Å². The van der Waals surface area contributed by atoms with Crippen molar-refractivity contribution in [2.24, 2.45) is 0 Å². The Labute approximate surface area is 144 Å². The number of hydrogen-bond donors (Lipinski definition) is 2. The number of rotatable bonds is 4. The molecular weight excluding hydrogens is 320 g/mol. The van der Waals surface area contributed by atoms with Crippen molar-refractivity contribution in [3.8, 4) is 5.75 Å². The molecule has 25 heavy (non-hydrogen) atoms. The van der Waals surface area contributed by atoms with Crippen LogP contribution in [0.15, 0.2) is 42.6 Å². The van der Waals surface area contributed by atoms with Gasteiger partial charge in [-0.05, 0) is 31.2 Å². The number of nitrogens with zero attached hydrogens (tertiary/aromatic N) is 2. The molecular formula is C18H18N4O3. The molecule has 0 unspecified atom stereocenters. The van der Waals surface area contributed by atoms with E-state index in [1.54, 1.807) is 24.4 Å². The van der Waals surface area contributed by atoms with E-state index in [1.807, 2.05) is 29.5 Å². The standard InChI is InChI=1S/C18H18N4O3/c1-11-5-4-6-17-20-16(10-22(11)17)18(24)21-15-9-13(25-3)7-8-14(15)19-12(2)23/h4-10H,1-3H3,(H,19,23)(H,21,24). The maximum atomic E-state index is 12.6. The first-order valence-corrected chi connectivity index (χ1v) is 7.69. The van der Waals surface area contributed by atoms with Crippen molar-refractivity contribution in [3.63, 3.8) is 0 Å². The van der Waals surface area contributed by atoms with Gasteiger partial charge in [-0.25, -0.2) is 4.98 Å². The first kappa shape index (κ1) is 16.5. The molecule has 2 amide bonds. The first-order chi connectivity index (χ1) is 12.0. The Kier molecular flexibility index (Phi) is 4.38. The molecule has 0 fully saturated rings. The number of methoxy groups -OCH3 is 1. The van der Waals surface area contributed by atoms with Gasteiger partial charge < -0.3 is 19.8 Å². The van der Waals surface area contributed by atoms with Crippen molar-refractivity contribution in [1.82, 2.24) is 9.38 Å². The number of ether oxygens (including phenoxy) is 1. The fraction of sp³-hybridized carbons (Fsp3) is 0.167. The average molecular weight is 338 g/mol. The van der Waals surface area contributed by atoms with Gasteiger partial charge in [-0.2, -0.15) is 0 Å². The zero-order valence-electron chi connectivity index (χ0n) is 14.2. The van der Waals surface area contributed by atoms with Crippen LogP contribution in [0.5, 0.6) is 5.75 Å². The van der Waals surface area contributed by atoms with E-state index in [2.05, 4.69) is 15.6 Å². The Hall–Kier alpha value is -3.35. The van der Waals surface area contributed by atoms with Crippen LogP contribution in [-0.2, 0) is 4.79 Å². The van der Waals surface area contributed by atoms with E-state index in [4.69, 9.17) is 4.74 Å². The van der Waals surface area contributed by atoms with Crippen LogP contribution < -0.4 is 15.4 Å². The number of anilines is 2. The highest BCUT2D eigenvalue weighted by Crippen LogP contribution is 2.27. The van der Waals surface area contributed by atoms with Crippen molar-refractivity contribution in [3.05, 3.63) is 54.0 Å². The molecule has 0 saturated carbocycles. The minimum atomic E-state index is -0.372. The number of nitrogens with one attached hydrogen (secondary N) is 2. The summed E-state index contributed by atoms with van der Waals surface area (Å²) in [6, 6.07) is 10.7. The van der Waals surface area contributed by atoms with E-state index in [-0.39, 0.29) is 17.5 Å². The van der Waals surface area contributed by atoms with Crippen LogP contribution in [0.2, 0.25) is 0 Å². The second-order valence-electron chi connectivity index (χ2n) is 5.57. The monoisotopic (exact) mass is 338 g/mol. The molecule has 1 aromatic carbocycles. The molecule has 2 heterocycles. The van der Waals surface area contributed by atoms with Crippen molar-refractivity contribution in [2.45, 2.75) is 13.8 Å². The Morgan fingerprint density at radius 1 is 1.12 bits per heavy atom. The van der Waals surface area contributed by atoms with Gasteiger partial charge in [0.2, 0.25) is 5.91 Å². The quantitative estimate of drug-likeness (QED) is 0.766. The number of benzene rings is 1. The topological polar surface area (TPSA) is 84.7 Å². The molecule has 128 valence electrons. The highest BCUT2D eigenvalue weighted by atomic mass is 16.5. The smallest absolute Gasteiger partial charge is 0.275 e. The molecule has 0 aliphatic heterocycles.